The molecule has 0 bridgehead atoms. The van der Waals surface area contributed by atoms with Crippen molar-refractivity contribution >= 4 is 0 Å². The summed E-state index contributed by atoms with van der Waals surface area (Å²) in [6.45, 7) is -1.00. The van der Waals surface area contributed by atoms with Gasteiger partial charge in [0.2, 0.25) is 0 Å². The summed E-state index contributed by atoms with van der Waals surface area (Å²) in [5.74, 6) is 0. The van der Waals surface area contributed by atoms with E-state index in [4.69, 9.17) is 10.2 Å². The van der Waals surface area contributed by atoms with Gasteiger partial charge < -0.3 is 5.11 Å². The second kappa shape index (κ2) is 13.1. The van der Waals surface area contributed by atoms with Gasteiger partial charge in [-0.15, -0.1) is 0 Å². The SMILES string of the molecule is [OH].[O]CO. The third-order valence-corrected chi connectivity index (χ3v) is 0. The van der Waals surface area contributed by atoms with Crippen LogP contribution in [0.25, 0.3) is 0 Å². The molecule has 0 saturated heterocycles. The lowest BCUT2D eigenvalue weighted by molar-refractivity contribution is 0.0184. The molecule has 0 heterocycles. The van der Waals surface area contributed by atoms with Crippen LogP contribution in [0.5, 0.6) is 0 Å². The number of hydrogen-bond donors (Lipinski definition) is 2. The summed E-state index contributed by atoms with van der Waals surface area (Å²) in [6.07, 6.45) is 0. The summed E-state index contributed by atoms with van der Waals surface area (Å²) in [5.41, 5.74) is 0. The molecule has 0 fully saturated rings. The van der Waals surface area contributed by atoms with Crippen LogP contribution in [0, 0.1) is 0 Å². The Kier molecular flexibility index (Phi) is 29.9. The van der Waals surface area contributed by atoms with E-state index in [2.05, 4.69) is 0 Å². The predicted molar refractivity (Wildman–Crippen MR) is 9.71 cm³/mol. The first kappa shape index (κ1) is 9.11. The van der Waals surface area contributed by atoms with Crippen molar-refractivity contribution in [1.82, 2.24) is 0 Å². The quantitative estimate of drug-likeness (QED) is 0.355. The normalized spacial score (nSPS) is 4.50. The van der Waals surface area contributed by atoms with Gasteiger partial charge in [0.25, 0.3) is 0 Å². The first-order valence-corrected chi connectivity index (χ1v) is 0.605. The molecule has 0 aliphatic rings. The molecule has 4 heavy (non-hydrogen) atoms. The molecule has 3 nitrogen and oxygen atoms in total. The van der Waals surface area contributed by atoms with Crippen molar-refractivity contribution in [2.24, 2.45) is 0 Å². The van der Waals surface area contributed by atoms with Gasteiger partial charge in [-0.05, 0) is 0 Å². The maximum atomic E-state index is 8.49. The van der Waals surface area contributed by atoms with E-state index < -0.39 is 6.79 Å². The zero-order valence-corrected chi connectivity index (χ0v) is 2.01. The van der Waals surface area contributed by atoms with Crippen molar-refractivity contribution in [1.29, 1.82) is 0 Å². The van der Waals surface area contributed by atoms with Crippen molar-refractivity contribution in [3.63, 3.8) is 0 Å². The predicted octanol–water partition coefficient (Wildman–Crippen LogP) is -0.810. The van der Waals surface area contributed by atoms with Gasteiger partial charge >= 0.3 is 0 Å². The molecule has 0 saturated carbocycles. The number of rotatable bonds is 0. The Morgan fingerprint density at radius 2 is 1.75 bits per heavy atom. The summed E-state index contributed by atoms with van der Waals surface area (Å²) >= 11 is 0. The Morgan fingerprint density at radius 1 is 1.75 bits per heavy atom. The third kappa shape index (κ3) is 101. The lowest BCUT2D eigenvalue weighted by Gasteiger charge is -1.49. The lowest BCUT2D eigenvalue weighted by Crippen LogP contribution is -1.62. The van der Waals surface area contributed by atoms with Crippen molar-refractivity contribution in [3.8, 4) is 0 Å². The maximum Gasteiger partial charge on any atom is 0.178 e. The Morgan fingerprint density at radius 3 is 1.75 bits per heavy atom. The van der Waals surface area contributed by atoms with E-state index in [0.29, 0.717) is 0 Å². The first-order valence-electron chi connectivity index (χ1n) is 0.605. The van der Waals surface area contributed by atoms with Crippen LogP contribution in [0.4, 0.5) is 0 Å². The maximum absolute atomic E-state index is 8.49. The molecule has 0 aliphatic carbocycles. The Hall–Kier alpha value is -0.120. The minimum absolute atomic E-state index is 0. The van der Waals surface area contributed by atoms with E-state index in [0.717, 1.165) is 0 Å². The van der Waals surface area contributed by atoms with Gasteiger partial charge in [-0.25, -0.2) is 5.11 Å². The molecule has 0 aromatic heterocycles. The van der Waals surface area contributed by atoms with Gasteiger partial charge in [-0.1, -0.05) is 0 Å². The highest BCUT2D eigenvalue weighted by molar-refractivity contribution is 3.49. The van der Waals surface area contributed by atoms with Crippen LogP contribution in [-0.4, -0.2) is 17.4 Å². The highest BCUT2D eigenvalue weighted by atomic mass is 16.5. The number of aliphatic hydroxyl groups is 1. The fraction of sp³-hybridized carbons (Fsp3) is 1.00. The van der Waals surface area contributed by atoms with Crippen LogP contribution in [0.2, 0.25) is 0 Å². The Labute approximate surface area is 23.8 Å². The highest BCUT2D eigenvalue weighted by Gasteiger charge is 1.38. The monoisotopic (exact) mass is 64.0 g/mol. The molecule has 3 heteroatoms. The highest BCUT2D eigenvalue weighted by Crippen LogP contribution is 1.21. The van der Waals surface area contributed by atoms with E-state index in [1.807, 2.05) is 0 Å². The van der Waals surface area contributed by atoms with Crippen LogP contribution >= 0.6 is 0 Å². The molecule has 0 aliphatic heterocycles. The summed E-state index contributed by atoms with van der Waals surface area (Å²) < 4.78 is 0. The second-order valence-electron chi connectivity index (χ2n) is 0.129. The molecule has 0 aromatic rings. The van der Waals surface area contributed by atoms with Crippen LogP contribution < -0.4 is 0 Å². The molecule has 26 valence electrons. The average Bonchev–Trinajstić information content (AvgIpc) is 0.918. The second-order valence-corrected chi connectivity index (χ2v) is 0.129. The molecule has 2 N–H and O–H groups in total. The Bertz CT molecular complexity index is 3.25. The zero-order chi connectivity index (χ0) is 2.71. The zero-order valence-electron chi connectivity index (χ0n) is 2.01. The van der Waals surface area contributed by atoms with E-state index in [9.17, 15) is 0 Å². The Balaban J connectivity index is 0. The minimum Gasteiger partial charge on any atom is -0.368 e. The lowest BCUT2D eigenvalue weighted by atomic mass is 11.6. The van der Waals surface area contributed by atoms with E-state index >= 15 is 0 Å². The molecule has 0 amide bonds. The topological polar surface area (TPSA) is 70.1 Å². The van der Waals surface area contributed by atoms with Crippen molar-refractivity contribution in [2.75, 3.05) is 6.79 Å². The third-order valence-electron chi connectivity index (χ3n) is 0. The largest absolute Gasteiger partial charge is 0.368 e. The van der Waals surface area contributed by atoms with Gasteiger partial charge in [0, 0.05) is 0 Å². The van der Waals surface area contributed by atoms with Gasteiger partial charge in [-0.2, -0.15) is 0 Å². The van der Waals surface area contributed by atoms with Gasteiger partial charge in [0.05, 0.1) is 0 Å². The van der Waals surface area contributed by atoms with Crippen LogP contribution in [-0.2, 0) is 5.11 Å². The van der Waals surface area contributed by atoms with Crippen LogP contribution in [0.3, 0.4) is 0 Å². The van der Waals surface area contributed by atoms with Gasteiger partial charge in [0.15, 0.2) is 6.79 Å². The average molecular weight is 64.0 g/mol. The molecule has 0 rings (SSSR count). The molecular weight excluding hydrogens is 60.0 g/mol. The summed E-state index contributed by atoms with van der Waals surface area (Å²) in [4.78, 5) is 0. The van der Waals surface area contributed by atoms with Crippen LogP contribution in [0.15, 0.2) is 0 Å². The molecule has 0 atom stereocenters. The first-order chi connectivity index (χ1) is 1.41. The van der Waals surface area contributed by atoms with Crippen LogP contribution in [0.1, 0.15) is 0 Å². The number of aliphatic hydroxyl groups excluding tert-OH is 1. The fourth-order valence-corrected chi connectivity index (χ4v) is 0. The van der Waals surface area contributed by atoms with Crippen molar-refractivity contribution in [3.05, 3.63) is 0 Å². The van der Waals surface area contributed by atoms with Crippen molar-refractivity contribution in [2.45, 2.75) is 0 Å². The minimum atomic E-state index is -1.00. The van der Waals surface area contributed by atoms with E-state index in [1.54, 1.807) is 0 Å². The van der Waals surface area contributed by atoms with Gasteiger partial charge in [0.1, 0.15) is 0 Å². The smallest absolute Gasteiger partial charge is 0.178 e. The molecule has 0 aromatic carbocycles. The molecule has 2 radical (unpaired) electrons. The molecule has 0 spiro atoms. The molecule has 0 unspecified atom stereocenters. The fourth-order valence-electron chi connectivity index (χ4n) is 0. The van der Waals surface area contributed by atoms with Crippen molar-refractivity contribution < 1.29 is 15.7 Å². The number of hydrogen-bond acceptors (Lipinski definition) is 1. The van der Waals surface area contributed by atoms with E-state index in [-0.39, 0.29) is 5.48 Å². The summed E-state index contributed by atoms with van der Waals surface area (Å²) in [6, 6.07) is 0. The summed E-state index contributed by atoms with van der Waals surface area (Å²) in [5, 5.41) is 15.5. The van der Waals surface area contributed by atoms with E-state index in [1.165, 1.54) is 0 Å². The van der Waals surface area contributed by atoms with Gasteiger partial charge in [-0.3, -0.25) is 5.48 Å². The standard InChI is InChI=1S/CH3O2.HO/c2-1-3;/h2H,1H2;1H. The summed E-state index contributed by atoms with van der Waals surface area (Å²) in [7, 11) is 0. The molecular formula is CH4O3.